The molecular weight excluding hydrogens is 182 g/mol. The Labute approximate surface area is 83.8 Å². The monoisotopic (exact) mass is 199 g/mol. The third kappa shape index (κ3) is 1.89. The van der Waals surface area contributed by atoms with Gasteiger partial charge in [-0.05, 0) is 33.1 Å². The number of carbonyl (C=O) groups is 2. The number of amides is 1. The summed E-state index contributed by atoms with van der Waals surface area (Å²) in [6.45, 7) is 5.75. The van der Waals surface area contributed by atoms with Gasteiger partial charge in [-0.3, -0.25) is 9.59 Å². The van der Waals surface area contributed by atoms with Crippen molar-refractivity contribution in [1.82, 2.24) is 0 Å². The third-order valence-electron chi connectivity index (χ3n) is 2.88. The molecule has 2 N–H and O–H groups in total. The first-order valence-corrected chi connectivity index (χ1v) is 4.87. The average molecular weight is 199 g/mol. The predicted octanol–water partition coefficient (Wildman–Crippen LogP) is 0.697. The summed E-state index contributed by atoms with van der Waals surface area (Å²) >= 11 is 0. The van der Waals surface area contributed by atoms with E-state index in [1.54, 1.807) is 20.8 Å². The molecule has 2 unspecified atom stereocenters. The molecule has 0 aromatic carbocycles. The normalized spacial score (nSPS) is 25.6. The van der Waals surface area contributed by atoms with Crippen molar-refractivity contribution in [3.8, 4) is 0 Å². The van der Waals surface area contributed by atoms with Crippen molar-refractivity contribution >= 4 is 11.9 Å². The lowest BCUT2D eigenvalue weighted by molar-refractivity contribution is -0.154. The van der Waals surface area contributed by atoms with Crippen LogP contribution in [0, 0.1) is 17.3 Å². The van der Waals surface area contributed by atoms with Gasteiger partial charge < -0.3 is 10.5 Å². The van der Waals surface area contributed by atoms with Crippen molar-refractivity contribution < 1.29 is 14.3 Å². The Kier molecular flexibility index (Phi) is 2.83. The lowest BCUT2D eigenvalue weighted by Crippen LogP contribution is -2.31. The highest BCUT2D eigenvalue weighted by Crippen LogP contribution is 2.51. The maximum atomic E-state index is 11.5. The molecule has 0 aromatic heterocycles. The molecule has 0 aromatic rings. The van der Waals surface area contributed by atoms with Crippen LogP contribution < -0.4 is 5.73 Å². The fourth-order valence-electron chi connectivity index (χ4n) is 1.78. The Balaban J connectivity index is 2.59. The zero-order valence-electron chi connectivity index (χ0n) is 8.87. The van der Waals surface area contributed by atoms with Gasteiger partial charge in [0.2, 0.25) is 5.91 Å². The van der Waals surface area contributed by atoms with Gasteiger partial charge >= 0.3 is 5.97 Å². The predicted molar refractivity (Wildman–Crippen MR) is 51.2 cm³/mol. The minimum atomic E-state index is -0.588. The number of nitrogens with two attached hydrogens (primary N) is 1. The summed E-state index contributed by atoms with van der Waals surface area (Å²) < 4.78 is 4.94. The molecule has 0 heterocycles. The Hall–Kier alpha value is -1.06. The molecule has 1 rings (SSSR count). The SMILES string of the molecule is CCOC(=O)C(C)(C)C1CC1C(N)=O. The fourth-order valence-corrected chi connectivity index (χ4v) is 1.78. The van der Waals surface area contributed by atoms with Gasteiger partial charge in [0.05, 0.1) is 12.0 Å². The van der Waals surface area contributed by atoms with Crippen LogP contribution in [0.1, 0.15) is 27.2 Å². The van der Waals surface area contributed by atoms with E-state index in [9.17, 15) is 9.59 Å². The van der Waals surface area contributed by atoms with Gasteiger partial charge in [-0.2, -0.15) is 0 Å². The molecule has 0 aliphatic heterocycles. The zero-order chi connectivity index (χ0) is 10.9. The van der Waals surface area contributed by atoms with E-state index < -0.39 is 5.41 Å². The van der Waals surface area contributed by atoms with Gasteiger partial charge in [0.1, 0.15) is 0 Å². The summed E-state index contributed by atoms with van der Waals surface area (Å²) in [6.07, 6.45) is 0.709. The molecule has 0 bridgehead atoms. The lowest BCUT2D eigenvalue weighted by Gasteiger charge is -2.21. The highest BCUT2D eigenvalue weighted by molar-refractivity contribution is 5.83. The van der Waals surface area contributed by atoms with Crippen LogP contribution in [0.2, 0.25) is 0 Å². The molecule has 0 saturated heterocycles. The highest BCUT2D eigenvalue weighted by Gasteiger charge is 2.54. The summed E-state index contributed by atoms with van der Waals surface area (Å²) in [6, 6.07) is 0. The molecule has 0 radical (unpaired) electrons. The minimum absolute atomic E-state index is 0.0547. The van der Waals surface area contributed by atoms with Crippen molar-refractivity contribution in [3.05, 3.63) is 0 Å². The standard InChI is InChI=1S/C10H17NO3/c1-4-14-9(13)10(2,3)7-5-6(7)8(11)12/h6-7H,4-5H2,1-3H3,(H2,11,12). The Morgan fingerprint density at radius 1 is 1.50 bits per heavy atom. The van der Waals surface area contributed by atoms with E-state index in [4.69, 9.17) is 10.5 Å². The zero-order valence-corrected chi connectivity index (χ0v) is 8.87. The smallest absolute Gasteiger partial charge is 0.311 e. The van der Waals surface area contributed by atoms with Crippen molar-refractivity contribution in [3.63, 3.8) is 0 Å². The summed E-state index contributed by atoms with van der Waals surface area (Å²) in [4.78, 5) is 22.4. The van der Waals surface area contributed by atoms with E-state index in [0.29, 0.717) is 13.0 Å². The van der Waals surface area contributed by atoms with Crippen LogP contribution in [-0.2, 0) is 14.3 Å². The van der Waals surface area contributed by atoms with Crippen molar-refractivity contribution in [2.24, 2.45) is 23.0 Å². The molecule has 1 amide bonds. The second-order valence-electron chi connectivity index (χ2n) is 4.29. The summed E-state index contributed by atoms with van der Waals surface area (Å²) in [7, 11) is 0. The van der Waals surface area contributed by atoms with Gasteiger partial charge in [0.25, 0.3) is 0 Å². The quantitative estimate of drug-likeness (QED) is 0.677. The first kappa shape index (κ1) is 11.0. The Morgan fingerprint density at radius 2 is 2.07 bits per heavy atom. The lowest BCUT2D eigenvalue weighted by atomic mass is 9.86. The maximum absolute atomic E-state index is 11.5. The largest absolute Gasteiger partial charge is 0.466 e. The molecule has 1 saturated carbocycles. The second kappa shape index (κ2) is 3.59. The number of primary amides is 1. The van der Waals surface area contributed by atoms with E-state index in [2.05, 4.69) is 0 Å². The van der Waals surface area contributed by atoms with Gasteiger partial charge in [-0.1, -0.05) is 0 Å². The van der Waals surface area contributed by atoms with Gasteiger partial charge in [-0.25, -0.2) is 0 Å². The van der Waals surface area contributed by atoms with E-state index >= 15 is 0 Å². The maximum Gasteiger partial charge on any atom is 0.311 e. The van der Waals surface area contributed by atoms with Crippen LogP contribution in [0.3, 0.4) is 0 Å². The van der Waals surface area contributed by atoms with Crippen molar-refractivity contribution in [1.29, 1.82) is 0 Å². The van der Waals surface area contributed by atoms with Crippen LogP contribution in [0.5, 0.6) is 0 Å². The molecular formula is C10H17NO3. The fraction of sp³-hybridized carbons (Fsp3) is 0.800. The number of ether oxygens (including phenoxy) is 1. The van der Waals surface area contributed by atoms with Crippen LogP contribution in [-0.4, -0.2) is 18.5 Å². The summed E-state index contributed by atoms with van der Waals surface area (Å²) in [5, 5.41) is 0. The molecule has 14 heavy (non-hydrogen) atoms. The Morgan fingerprint density at radius 3 is 2.43 bits per heavy atom. The molecule has 0 spiro atoms. The number of hydrogen-bond acceptors (Lipinski definition) is 3. The van der Waals surface area contributed by atoms with Crippen LogP contribution >= 0.6 is 0 Å². The number of hydrogen-bond donors (Lipinski definition) is 1. The Bertz CT molecular complexity index is 260. The van der Waals surface area contributed by atoms with Gasteiger partial charge in [0, 0.05) is 5.92 Å². The number of esters is 1. The van der Waals surface area contributed by atoms with E-state index in [-0.39, 0.29) is 23.7 Å². The first-order valence-electron chi connectivity index (χ1n) is 4.87. The minimum Gasteiger partial charge on any atom is -0.466 e. The molecule has 2 atom stereocenters. The summed E-state index contributed by atoms with van der Waals surface area (Å²) in [5.74, 6) is -0.644. The van der Waals surface area contributed by atoms with E-state index in [0.717, 1.165) is 0 Å². The number of carbonyl (C=O) groups excluding carboxylic acids is 2. The van der Waals surface area contributed by atoms with Crippen molar-refractivity contribution in [2.75, 3.05) is 6.61 Å². The first-order chi connectivity index (χ1) is 6.41. The molecule has 80 valence electrons. The van der Waals surface area contributed by atoms with Crippen LogP contribution in [0.15, 0.2) is 0 Å². The molecule has 1 fully saturated rings. The van der Waals surface area contributed by atoms with Gasteiger partial charge in [0.15, 0.2) is 0 Å². The van der Waals surface area contributed by atoms with Crippen LogP contribution in [0.25, 0.3) is 0 Å². The average Bonchev–Trinajstić information content (AvgIpc) is 2.83. The van der Waals surface area contributed by atoms with E-state index in [1.807, 2.05) is 0 Å². The topological polar surface area (TPSA) is 69.4 Å². The molecule has 4 nitrogen and oxygen atoms in total. The molecule has 4 heteroatoms. The van der Waals surface area contributed by atoms with Gasteiger partial charge in [-0.15, -0.1) is 0 Å². The number of rotatable bonds is 4. The van der Waals surface area contributed by atoms with E-state index in [1.165, 1.54) is 0 Å². The summed E-state index contributed by atoms with van der Waals surface area (Å²) in [5.41, 5.74) is 4.58. The highest BCUT2D eigenvalue weighted by atomic mass is 16.5. The third-order valence-corrected chi connectivity index (χ3v) is 2.88. The second-order valence-corrected chi connectivity index (χ2v) is 4.29. The van der Waals surface area contributed by atoms with Crippen LogP contribution in [0.4, 0.5) is 0 Å². The molecule has 1 aliphatic carbocycles. The molecule has 1 aliphatic rings. The van der Waals surface area contributed by atoms with Crippen molar-refractivity contribution in [2.45, 2.75) is 27.2 Å².